The number of fused-ring (bicyclic) bond motifs is 1. The Morgan fingerprint density at radius 3 is 2.48 bits per heavy atom. The van der Waals surface area contributed by atoms with E-state index in [-0.39, 0.29) is 24.0 Å². The first-order valence-electron chi connectivity index (χ1n) is 10.4. The van der Waals surface area contributed by atoms with Gasteiger partial charge in [0.1, 0.15) is 12.3 Å². The summed E-state index contributed by atoms with van der Waals surface area (Å²) in [5, 5.41) is 0. The molecule has 0 N–H and O–H groups in total. The second kappa shape index (κ2) is 8.34. The van der Waals surface area contributed by atoms with Crippen molar-refractivity contribution in [2.24, 2.45) is 0 Å². The molecule has 1 aliphatic rings. The molecular weight excluding hydrogens is 394 g/mol. The summed E-state index contributed by atoms with van der Waals surface area (Å²) in [5.74, 6) is -0.348. The Kier molecular flexibility index (Phi) is 5.59. The number of esters is 1. The highest BCUT2D eigenvalue weighted by Gasteiger charge is 2.44. The summed E-state index contributed by atoms with van der Waals surface area (Å²) in [5.41, 5.74) is 1.72. The third-order valence-corrected chi connectivity index (χ3v) is 5.99. The van der Waals surface area contributed by atoms with E-state index < -0.39 is 5.41 Å². The molecule has 0 spiro atoms. The maximum absolute atomic E-state index is 13.3. The van der Waals surface area contributed by atoms with Gasteiger partial charge in [0.2, 0.25) is 5.91 Å². The third kappa shape index (κ3) is 4.08. The number of hydrogen-bond acceptors (Lipinski definition) is 5. The van der Waals surface area contributed by atoms with Gasteiger partial charge < -0.3 is 9.64 Å². The van der Waals surface area contributed by atoms with Gasteiger partial charge in [-0.15, -0.1) is 0 Å². The molecule has 4 rings (SSSR count). The fraction of sp³-hybridized carbons (Fsp3) is 0.333. The quantitative estimate of drug-likeness (QED) is 0.608. The number of rotatable bonds is 4. The largest absolute Gasteiger partial charge is 0.458 e. The number of piperidine rings is 1. The van der Waals surface area contributed by atoms with Crippen molar-refractivity contribution in [2.45, 2.75) is 38.7 Å². The molecule has 1 aromatic carbocycles. The average molecular weight is 419 g/mol. The lowest BCUT2D eigenvalue weighted by Gasteiger charge is -2.40. The van der Waals surface area contributed by atoms with Crippen molar-refractivity contribution < 1.29 is 14.3 Å². The monoisotopic (exact) mass is 419 g/mol. The fourth-order valence-electron chi connectivity index (χ4n) is 4.18. The topological polar surface area (TPSA) is 81.0 Å². The van der Waals surface area contributed by atoms with Gasteiger partial charge in [-0.2, -0.15) is 0 Å². The van der Waals surface area contributed by atoms with E-state index in [1.165, 1.54) is 10.5 Å². The number of nitrogens with zero attached hydrogens (tertiary/aromatic N) is 3. The van der Waals surface area contributed by atoms with Crippen molar-refractivity contribution in [1.29, 1.82) is 0 Å². The van der Waals surface area contributed by atoms with Crippen LogP contribution in [0.25, 0.3) is 5.65 Å². The van der Waals surface area contributed by atoms with Gasteiger partial charge in [-0.3, -0.25) is 18.8 Å². The highest BCUT2D eigenvalue weighted by molar-refractivity contribution is 5.84. The molecule has 160 valence electrons. The lowest BCUT2D eigenvalue weighted by molar-refractivity contribution is -0.155. The van der Waals surface area contributed by atoms with Crippen molar-refractivity contribution in [3.63, 3.8) is 0 Å². The number of hydrogen-bond donors (Lipinski definition) is 0. The van der Waals surface area contributed by atoms with Crippen LogP contribution in [0, 0.1) is 6.92 Å². The summed E-state index contributed by atoms with van der Waals surface area (Å²) in [6, 6.07) is 14.6. The van der Waals surface area contributed by atoms with Gasteiger partial charge in [-0.25, -0.2) is 4.98 Å². The van der Waals surface area contributed by atoms with Crippen LogP contribution in [0.1, 0.15) is 36.6 Å². The molecule has 3 aromatic rings. The van der Waals surface area contributed by atoms with Crippen molar-refractivity contribution in [1.82, 2.24) is 14.3 Å². The smallest absolute Gasteiger partial charge is 0.317 e. The summed E-state index contributed by atoms with van der Waals surface area (Å²) in [7, 11) is 0. The number of amides is 1. The lowest BCUT2D eigenvalue weighted by atomic mass is 9.72. The Morgan fingerprint density at radius 2 is 1.81 bits per heavy atom. The minimum Gasteiger partial charge on any atom is -0.458 e. The van der Waals surface area contributed by atoms with Gasteiger partial charge in [-0.05, 0) is 37.0 Å². The number of carbonyl (C=O) groups excluding carboxylic acids is 2. The van der Waals surface area contributed by atoms with Crippen LogP contribution in [0.5, 0.6) is 0 Å². The maximum atomic E-state index is 13.3. The van der Waals surface area contributed by atoms with Crippen LogP contribution in [0.4, 0.5) is 0 Å². The van der Waals surface area contributed by atoms with Gasteiger partial charge in [0, 0.05) is 32.3 Å². The first-order chi connectivity index (χ1) is 14.9. The van der Waals surface area contributed by atoms with Crippen LogP contribution < -0.4 is 5.56 Å². The molecule has 0 saturated carbocycles. The Hall–Kier alpha value is -3.48. The van der Waals surface area contributed by atoms with Crippen LogP contribution in [0.2, 0.25) is 0 Å². The lowest BCUT2D eigenvalue weighted by Crippen LogP contribution is -2.49. The number of likely N-dealkylation sites (tertiary alicyclic amines) is 1. The first-order valence-corrected chi connectivity index (χ1v) is 10.4. The van der Waals surface area contributed by atoms with E-state index >= 15 is 0 Å². The molecule has 0 bridgehead atoms. The molecule has 0 radical (unpaired) electrons. The van der Waals surface area contributed by atoms with Crippen molar-refractivity contribution in [3.05, 3.63) is 81.9 Å². The van der Waals surface area contributed by atoms with Crippen LogP contribution in [0.3, 0.4) is 0 Å². The summed E-state index contributed by atoms with van der Waals surface area (Å²) < 4.78 is 7.17. The summed E-state index contributed by atoms with van der Waals surface area (Å²) in [6.45, 7) is 4.35. The minimum absolute atomic E-state index is 0.00565. The van der Waals surface area contributed by atoms with Gasteiger partial charge in [0.15, 0.2) is 0 Å². The van der Waals surface area contributed by atoms with Gasteiger partial charge in [-0.1, -0.05) is 36.4 Å². The predicted octanol–water partition coefficient (Wildman–Crippen LogP) is 2.63. The van der Waals surface area contributed by atoms with Gasteiger partial charge in [0.25, 0.3) is 5.56 Å². The highest BCUT2D eigenvalue weighted by atomic mass is 16.5. The zero-order chi connectivity index (χ0) is 22.0. The summed E-state index contributed by atoms with van der Waals surface area (Å²) >= 11 is 0. The second-order valence-corrected chi connectivity index (χ2v) is 8.05. The highest BCUT2D eigenvalue weighted by Crippen LogP contribution is 2.37. The average Bonchev–Trinajstić information content (AvgIpc) is 2.78. The SMILES string of the molecule is CC(=O)N1CCC(C(=O)OCc2cc(=O)n3cc(C)ccc3n2)(c2ccccc2)CC1. The Bertz CT molecular complexity index is 1180. The van der Waals surface area contributed by atoms with E-state index in [4.69, 9.17) is 4.74 Å². The number of carbonyl (C=O) groups is 2. The van der Waals surface area contributed by atoms with Gasteiger partial charge >= 0.3 is 5.97 Å². The first kappa shape index (κ1) is 20.8. The van der Waals surface area contributed by atoms with Crippen LogP contribution in [-0.4, -0.2) is 39.3 Å². The Morgan fingerprint density at radius 1 is 1.10 bits per heavy atom. The molecule has 0 unspecified atom stereocenters. The van der Waals surface area contributed by atoms with E-state index in [0.717, 1.165) is 11.1 Å². The standard InChI is InChI=1S/C24H25N3O4/c1-17-8-9-21-25-20(14-22(29)27(21)15-17)16-31-23(30)24(19-6-4-3-5-7-19)10-12-26(13-11-24)18(2)28/h3-9,14-15H,10-13,16H2,1-2H3. The molecule has 2 aromatic heterocycles. The number of aromatic nitrogens is 2. The zero-order valence-corrected chi connectivity index (χ0v) is 17.7. The second-order valence-electron chi connectivity index (χ2n) is 8.05. The summed E-state index contributed by atoms with van der Waals surface area (Å²) in [4.78, 5) is 43.7. The molecule has 0 aliphatic carbocycles. The van der Waals surface area contributed by atoms with E-state index in [1.807, 2.05) is 43.3 Å². The number of aryl methyl sites for hydroxylation is 1. The van der Waals surface area contributed by atoms with E-state index in [9.17, 15) is 14.4 Å². The molecule has 1 aliphatic heterocycles. The normalized spacial score (nSPS) is 15.6. The van der Waals surface area contributed by atoms with Crippen molar-refractivity contribution >= 4 is 17.5 Å². The molecule has 1 fully saturated rings. The third-order valence-electron chi connectivity index (χ3n) is 5.99. The maximum Gasteiger partial charge on any atom is 0.317 e. The fourth-order valence-corrected chi connectivity index (χ4v) is 4.18. The van der Waals surface area contributed by atoms with Crippen LogP contribution in [0.15, 0.2) is 59.5 Å². The van der Waals surface area contributed by atoms with Crippen LogP contribution >= 0.6 is 0 Å². The number of pyridine rings is 1. The number of benzene rings is 1. The predicted molar refractivity (Wildman–Crippen MR) is 116 cm³/mol. The minimum atomic E-state index is -0.823. The molecule has 3 heterocycles. The zero-order valence-electron chi connectivity index (χ0n) is 17.7. The molecule has 0 atom stereocenters. The van der Waals surface area contributed by atoms with E-state index in [2.05, 4.69) is 4.98 Å². The Labute approximate surface area is 180 Å². The van der Waals surface area contributed by atoms with E-state index in [1.54, 1.807) is 24.1 Å². The molecule has 7 nitrogen and oxygen atoms in total. The summed E-state index contributed by atoms with van der Waals surface area (Å²) in [6.07, 6.45) is 2.71. The number of ether oxygens (including phenoxy) is 1. The molecule has 1 saturated heterocycles. The van der Waals surface area contributed by atoms with Crippen molar-refractivity contribution in [2.75, 3.05) is 13.1 Å². The van der Waals surface area contributed by atoms with Gasteiger partial charge in [0.05, 0.1) is 11.1 Å². The van der Waals surface area contributed by atoms with Crippen molar-refractivity contribution in [3.8, 4) is 0 Å². The molecular formula is C24H25N3O4. The Balaban J connectivity index is 1.57. The van der Waals surface area contributed by atoms with E-state index in [0.29, 0.717) is 37.3 Å². The molecule has 31 heavy (non-hydrogen) atoms. The molecule has 7 heteroatoms. The van der Waals surface area contributed by atoms with Crippen LogP contribution in [-0.2, 0) is 26.3 Å². The molecule has 1 amide bonds.